The summed E-state index contributed by atoms with van der Waals surface area (Å²) in [7, 11) is 0. The highest BCUT2D eigenvalue weighted by Gasteiger charge is 2.15. The van der Waals surface area contributed by atoms with Crippen molar-refractivity contribution in [3.63, 3.8) is 0 Å². The minimum Gasteiger partial charge on any atom is -0.414 e. The van der Waals surface area contributed by atoms with E-state index in [1.54, 1.807) is 11.8 Å². The van der Waals surface area contributed by atoms with Crippen LogP contribution in [0.1, 0.15) is 37.3 Å². The number of benzene rings is 1. The molecule has 0 saturated heterocycles. The van der Waals surface area contributed by atoms with Crippen LogP contribution in [-0.4, -0.2) is 16.0 Å². The molecular weight excluding hydrogens is 258 g/mol. The monoisotopic (exact) mass is 277 g/mol. The van der Waals surface area contributed by atoms with Crippen molar-refractivity contribution in [2.45, 2.75) is 37.5 Å². The maximum absolute atomic E-state index is 6.09. The second kappa shape index (κ2) is 7.31. The molecule has 0 radical (unpaired) electrons. The van der Waals surface area contributed by atoms with Gasteiger partial charge in [0.2, 0.25) is 5.89 Å². The van der Waals surface area contributed by atoms with E-state index in [1.165, 1.54) is 12.0 Å². The van der Waals surface area contributed by atoms with E-state index < -0.39 is 0 Å². The molecule has 19 heavy (non-hydrogen) atoms. The van der Waals surface area contributed by atoms with Gasteiger partial charge in [-0.2, -0.15) is 0 Å². The van der Waals surface area contributed by atoms with Gasteiger partial charge in [0.05, 0.1) is 6.04 Å². The zero-order valence-corrected chi connectivity index (χ0v) is 11.9. The molecule has 0 aliphatic rings. The van der Waals surface area contributed by atoms with E-state index in [-0.39, 0.29) is 6.04 Å². The Morgan fingerprint density at radius 1 is 1.26 bits per heavy atom. The summed E-state index contributed by atoms with van der Waals surface area (Å²) in [4.78, 5) is 0. The maximum Gasteiger partial charge on any atom is 0.276 e. The summed E-state index contributed by atoms with van der Waals surface area (Å²) < 4.78 is 5.58. The Morgan fingerprint density at radius 3 is 2.79 bits per heavy atom. The fraction of sp³-hybridized carbons (Fsp3) is 0.429. The van der Waals surface area contributed by atoms with Gasteiger partial charge in [-0.05, 0) is 18.4 Å². The zero-order valence-electron chi connectivity index (χ0n) is 11.1. The largest absolute Gasteiger partial charge is 0.414 e. The standard InChI is InChI=1S/C14H19N3OS/c1-2-3-9-19-14-17-16-13(18-14)12(15)10-11-7-5-4-6-8-11/h4-8,12H,2-3,9-10,15H2,1H3/t12-/m0/s1. The molecule has 0 aliphatic carbocycles. The van der Waals surface area contributed by atoms with Crippen molar-refractivity contribution in [1.29, 1.82) is 0 Å². The van der Waals surface area contributed by atoms with Crippen LogP contribution in [0.4, 0.5) is 0 Å². The lowest BCUT2D eigenvalue weighted by molar-refractivity contribution is 0.385. The van der Waals surface area contributed by atoms with Crippen LogP contribution in [-0.2, 0) is 6.42 Å². The molecule has 0 fully saturated rings. The molecule has 0 amide bonds. The molecule has 2 aromatic rings. The molecule has 2 N–H and O–H groups in total. The molecule has 0 unspecified atom stereocenters. The van der Waals surface area contributed by atoms with Gasteiger partial charge < -0.3 is 10.2 Å². The van der Waals surface area contributed by atoms with Crippen molar-refractivity contribution in [3.05, 3.63) is 41.8 Å². The molecule has 0 bridgehead atoms. The third kappa shape index (κ3) is 4.36. The molecule has 0 aliphatic heterocycles. The predicted octanol–water partition coefficient (Wildman–Crippen LogP) is 3.20. The summed E-state index contributed by atoms with van der Waals surface area (Å²) in [6.07, 6.45) is 3.03. The first-order valence-electron chi connectivity index (χ1n) is 6.55. The molecule has 0 saturated carbocycles. The van der Waals surface area contributed by atoms with Gasteiger partial charge in [-0.3, -0.25) is 0 Å². The molecule has 1 aromatic heterocycles. The van der Waals surface area contributed by atoms with Gasteiger partial charge in [-0.25, -0.2) is 0 Å². The van der Waals surface area contributed by atoms with Crippen LogP contribution in [0.15, 0.2) is 40.0 Å². The Bertz CT molecular complexity index is 486. The van der Waals surface area contributed by atoms with Gasteiger partial charge in [0.1, 0.15) is 0 Å². The highest BCUT2D eigenvalue weighted by molar-refractivity contribution is 7.99. The van der Waals surface area contributed by atoms with Gasteiger partial charge in [-0.1, -0.05) is 55.4 Å². The van der Waals surface area contributed by atoms with E-state index in [1.807, 2.05) is 30.3 Å². The Hall–Kier alpha value is -1.33. The third-order valence-corrected chi connectivity index (χ3v) is 3.67. The fourth-order valence-corrected chi connectivity index (χ4v) is 2.54. The van der Waals surface area contributed by atoms with Crippen molar-refractivity contribution in [1.82, 2.24) is 10.2 Å². The van der Waals surface area contributed by atoms with Crippen molar-refractivity contribution in [3.8, 4) is 0 Å². The van der Waals surface area contributed by atoms with Crippen molar-refractivity contribution >= 4 is 11.8 Å². The summed E-state index contributed by atoms with van der Waals surface area (Å²) in [6.45, 7) is 2.16. The highest BCUT2D eigenvalue weighted by atomic mass is 32.2. The zero-order chi connectivity index (χ0) is 13.5. The Balaban J connectivity index is 1.90. The van der Waals surface area contributed by atoms with Crippen molar-refractivity contribution in [2.24, 2.45) is 5.73 Å². The Morgan fingerprint density at radius 2 is 2.05 bits per heavy atom. The Labute approximate surface area is 117 Å². The molecule has 102 valence electrons. The minimum atomic E-state index is -0.240. The van der Waals surface area contributed by atoms with E-state index in [0.717, 1.165) is 12.2 Å². The number of nitrogens with two attached hydrogens (primary N) is 1. The number of hydrogen-bond donors (Lipinski definition) is 1. The number of unbranched alkanes of at least 4 members (excludes halogenated alkanes) is 1. The lowest BCUT2D eigenvalue weighted by Crippen LogP contribution is -2.13. The summed E-state index contributed by atoms with van der Waals surface area (Å²) in [6, 6.07) is 9.85. The predicted molar refractivity (Wildman–Crippen MR) is 77.0 cm³/mol. The highest BCUT2D eigenvalue weighted by Crippen LogP contribution is 2.21. The van der Waals surface area contributed by atoms with Crippen LogP contribution >= 0.6 is 11.8 Å². The molecule has 1 atom stereocenters. The van der Waals surface area contributed by atoms with Gasteiger partial charge in [0.15, 0.2) is 0 Å². The molecule has 4 nitrogen and oxygen atoms in total. The minimum absolute atomic E-state index is 0.240. The molecule has 5 heteroatoms. The van der Waals surface area contributed by atoms with E-state index in [4.69, 9.17) is 10.2 Å². The van der Waals surface area contributed by atoms with Crippen LogP contribution in [0.2, 0.25) is 0 Å². The Kier molecular flexibility index (Phi) is 5.42. The molecule has 0 spiro atoms. The second-order valence-electron chi connectivity index (χ2n) is 4.40. The first-order valence-corrected chi connectivity index (χ1v) is 7.54. The maximum atomic E-state index is 6.09. The van der Waals surface area contributed by atoms with Crippen LogP contribution in [0, 0.1) is 0 Å². The average molecular weight is 277 g/mol. The fourth-order valence-electron chi connectivity index (χ4n) is 1.69. The lowest BCUT2D eigenvalue weighted by Gasteiger charge is -2.06. The normalized spacial score (nSPS) is 12.5. The number of nitrogens with zero attached hydrogens (tertiary/aromatic N) is 2. The first kappa shape index (κ1) is 14.1. The van der Waals surface area contributed by atoms with Crippen LogP contribution in [0.25, 0.3) is 0 Å². The summed E-state index contributed by atoms with van der Waals surface area (Å²) in [5, 5.41) is 8.66. The van der Waals surface area contributed by atoms with Crippen molar-refractivity contribution in [2.75, 3.05) is 5.75 Å². The van der Waals surface area contributed by atoms with E-state index in [9.17, 15) is 0 Å². The van der Waals surface area contributed by atoms with Crippen LogP contribution in [0.5, 0.6) is 0 Å². The van der Waals surface area contributed by atoms with E-state index in [2.05, 4.69) is 17.1 Å². The van der Waals surface area contributed by atoms with E-state index >= 15 is 0 Å². The van der Waals surface area contributed by atoms with E-state index in [0.29, 0.717) is 17.5 Å². The summed E-state index contributed by atoms with van der Waals surface area (Å²) in [5.74, 6) is 1.52. The molecule has 1 aromatic carbocycles. The van der Waals surface area contributed by atoms with Gasteiger partial charge in [-0.15, -0.1) is 10.2 Å². The lowest BCUT2D eigenvalue weighted by atomic mass is 10.1. The number of hydrogen-bond acceptors (Lipinski definition) is 5. The quantitative estimate of drug-likeness (QED) is 0.622. The third-order valence-electron chi connectivity index (χ3n) is 2.76. The first-order chi connectivity index (χ1) is 9.29. The van der Waals surface area contributed by atoms with Gasteiger partial charge >= 0.3 is 0 Å². The van der Waals surface area contributed by atoms with Crippen LogP contribution in [0.3, 0.4) is 0 Å². The number of rotatable bonds is 7. The molecule has 2 rings (SSSR count). The summed E-state index contributed by atoms with van der Waals surface area (Å²) in [5.41, 5.74) is 7.26. The van der Waals surface area contributed by atoms with Crippen LogP contribution < -0.4 is 5.73 Å². The number of thioether (sulfide) groups is 1. The number of aromatic nitrogens is 2. The van der Waals surface area contributed by atoms with Gasteiger partial charge in [0, 0.05) is 5.75 Å². The topological polar surface area (TPSA) is 64.9 Å². The average Bonchev–Trinajstić information content (AvgIpc) is 2.89. The van der Waals surface area contributed by atoms with Gasteiger partial charge in [0.25, 0.3) is 5.22 Å². The molecule has 1 heterocycles. The van der Waals surface area contributed by atoms with Crippen molar-refractivity contribution < 1.29 is 4.42 Å². The second-order valence-corrected chi connectivity index (χ2v) is 5.45. The molecular formula is C14H19N3OS. The SMILES string of the molecule is CCCCSc1nnc([C@@H](N)Cc2ccccc2)o1. The summed E-state index contributed by atoms with van der Waals surface area (Å²) >= 11 is 1.59. The smallest absolute Gasteiger partial charge is 0.276 e.